The maximum absolute atomic E-state index is 2.49. The second-order valence-electron chi connectivity index (χ2n) is 14.4. The molecule has 0 bridgehead atoms. The molecule has 1 spiro atoms. The lowest BCUT2D eigenvalue weighted by Gasteiger charge is -2.30. The Balaban J connectivity index is 1.11. The molecule has 0 radical (unpaired) electrons. The maximum atomic E-state index is 2.49. The molecule has 10 aromatic rings. The van der Waals surface area contributed by atoms with E-state index < -0.39 is 0 Å². The maximum Gasteiger partial charge on any atom is 0.0725 e. The zero-order valence-electron chi connectivity index (χ0n) is 28.3. The molecule has 1 heterocycles. The summed E-state index contributed by atoms with van der Waals surface area (Å²) in [6.07, 6.45) is 0. The van der Waals surface area contributed by atoms with Gasteiger partial charge in [0.05, 0.1) is 16.4 Å². The quantitative estimate of drug-likeness (QED) is 0.174. The molecular weight excluding hydrogens is 627 g/mol. The van der Waals surface area contributed by atoms with Crippen molar-refractivity contribution in [2.24, 2.45) is 0 Å². The van der Waals surface area contributed by atoms with Crippen LogP contribution in [0.2, 0.25) is 0 Å². The predicted molar refractivity (Wildman–Crippen MR) is 218 cm³/mol. The molecule has 240 valence electrons. The van der Waals surface area contributed by atoms with Crippen molar-refractivity contribution in [3.63, 3.8) is 0 Å². The van der Waals surface area contributed by atoms with E-state index in [0.29, 0.717) is 0 Å². The largest absolute Gasteiger partial charge is 0.309 e. The number of fused-ring (bicyclic) bond motifs is 16. The molecule has 0 N–H and O–H groups in total. The second-order valence-corrected chi connectivity index (χ2v) is 14.4. The van der Waals surface area contributed by atoms with Crippen LogP contribution >= 0.6 is 0 Å². The lowest BCUT2D eigenvalue weighted by Crippen LogP contribution is -2.25. The van der Waals surface area contributed by atoms with E-state index in [4.69, 9.17) is 0 Å². The fourth-order valence-electron chi connectivity index (χ4n) is 9.85. The second kappa shape index (κ2) is 10.2. The third-order valence-electron chi connectivity index (χ3n) is 12.0. The van der Waals surface area contributed by atoms with Crippen molar-refractivity contribution >= 4 is 43.4 Å². The van der Waals surface area contributed by atoms with Crippen molar-refractivity contribution in [3.05, 3.63) is 210 Å². The molecule has 0 amide bonds. The number of hydrogen-bond acceptors (Lipinski definition) is 0. The van der Waals surface area contributed by atoms with Gasteiger partial charge in [-0.1, -0.05) is 152 Å². The van der Waals surface area contributed by atoms with E-state index in [1.165, 1.54) is 99.0 Å². The Morgan fingerprint density at radius 2 is 0.904 bits per heavy atom. The van der Waals surface area contributed by atoms with Gasteiger partial charge >= 0.3 is 0 Å². The number of benzene rings is 9. The highest BCUT2D eigenvalue weighted by atomic mass is 15.0. The Hall–Kier alpha value is -6.70. The number of nitrogens with zero attached hydrogens (tertiary/aromatic N) is 1. The lowest BCUT2D eigenvalue weighted by molar-refractivity contribution is 0.794. The molecule has 0 saturated carbocycles. The molecule has 12 rings (SSSR count). The Morgan fingerprint density at radius 3 is 1.62 bits per heavy atom. The summed E-state index contributed by atoms with van der Waals surface area (Å²) >= 11 is 0. The molecule has 0 aliphatic heterocycles. The van der Waals surface area contributed by atoms with Gasteiger partial charge in [-0.3, -0.25) is 0 Å². The van der Waals surface area contributed by atoms with Crippen LogP contribution in [-0.2, 0) is 5.41 Å². The third kappa shape index (κ3) is 3.52. The first-order chi connectivity index (χ1) is 25.8. The molecule has 2 aliphatic carbocycles. The minimum atomic E-state index is -0.359. The Morgan fingerprint density at radius 1 is 0.327 bits per heavy atom. The summed E-state index contributed by atoms with van der Waals surface area (Å²) < 4.78 is 2.47. The monoisotopic (exact) mass is 657 g/mol. The molecule has 0 fully saturated rings. The van der Waals surface area contributed by atoms with Crippen molar-refractivity contribution in [1.29, 1.82) is 0 Å². The first-order valence-electron chi connectivity index (χ1n) is 18.2. The molecule has 1 heteroatoms. The summed E-state index contributed by atoms with van der Waals surface area (Å²) in [6.45, 7) is 0. The summed E-state index contributed by atoms with van der Waals surface area (Å²) in [5.74, 6) is 0. The van der Waals surface area contributed by atoms with E-state index in [1.807, 2.05) is 0 Å². The summed E-state index contributed by atoms with van der Waals surface area (Å²) in [4.78, 5) is 0. The van der Waals surface area contributed by atoms with Crippen LogP contribution in [0.15, 0.2) is 188 Å². The van der Waals surface area contributed by atoms with E-state index in [2.05, 4.69) is 193 Å². The Kier molecular flexibility index (Phi) is 5.49. The summed E-state index contributed by atoms with van der Waals surface area (Å²) in [6, 6.07) is 70.3. The van der Waals surface area contributed by atoms with E-state index in [1.54, 1.807) is 0 Å². The van der Waals surface area contributed by atoms with Crippen molar-refractivity contribution < 1.29 is 0 Å². The number of hydrogen-bond donors (Lipinski definition) is 0. The lowest BCUT2D eigenvalue weighted by atomic mass is 9.70. The molecule has 1 aromatic heterocycles. The average molecular weight is 658 g/mol. The van der Waals surface area contributed by atoms with Crippen LogP contribution in [0.1, 0.15) is 22.3 Å². The van der Waals surface area contributed by atoms with Crippen LogP contribution < -0.4 is 0 Å². The molecule has 52 heavy (non-hydrogen) atoms. The van der Waals surface area contributed by atoms with Gasteiger partial charge in [-0.25, -0.2) is 0 Å². The zero-order valence-corrected chi connectivity index (χ0v) is 28.3. The fraction of sp³-hybridized carbons (Fsp3) is 0.0196. The van der Waals surface area contributed by atoms with Crippen LogP contribution in [-0.4, -0.2) is 4.57 Å². The zero-order chi connectivity index (χ0) is 34.0. The summed E-state index contributed by atoms with van der Waals surface area (Å²) in [5, 5.41) is 7.65. The molecule has 9 aromatic carbocycles. The third-order valence-corrected chi connectivity index (χ3v) is 12.0. The SMILES string of the molecule is c1cc(-c2ccc3c(c2)C2(c4ccccc4-c4ccccc42)c2ccccc2-3)cc(-n2c3cc4ccccc4cc3c3c4ccccc4ccc32)c1. The van der Waals surface area contributed by atoms with E-state index >= 15 is 0 Å². The van der Waals surface area contributed by atoms with Gasteiger partial charge in [-0.05, 0) is 114 Å². The normalized spacial score (nSPS) is 13.5. The van der Waals surface area contributed by atoms with Crippen molar-refractivity contribution in [2.75, 3.05) is 0 Å². The highest BCUT2D eigenvalue weighted by Gasteiger charge is 2.51. The van der Waals surface area contributed by atoms with Crippen LogP contribution in [0, 0.1) is 0 Å². The summed E-state index contributed by atoms with van der Waals surface area (Å²) in [7, 11) is 0. The minimum Gasteiger partial charge on any atom is -0.309 e. The molecule has 0 saturated heterocycles. The highest BCUT2D eigenvalue weighted by Crippen LogP contribution is 2.63. The highest BCUT2D eigenvalue weighted by molar-refractivity contribution is 6.23. The molecular formula is C51H31N. The first kappa shape index (κ1) is 28.0. The van der Waals surface area contributed by atoms with E-state index in [0.717, 1.165) is 5.69 Å². The van der Waals surface area contributed by atoms with Gasteiger partial charge in [-0.2, -0.15) is 0 Å². The molecule has 0 atom stereocenters. The minimum absolute atomic E-state index is 0.359. The molecule has 2 aliphatic rings. The van der Waals surface area contributed by atoms with Crippen LogP contribution in [0.25, 0.3) is 82.4 Å². The molecule has 0 unspecified atom stereocenters. The number of aromatic nitrogens is 1. The molecule has 1 nitrogen and oxygen atoms in total. The Bertz CT molecular complexity index is 3080. The van der Waals surface area contributed by atoms with Gasteiger partial charge < -0.3 is 4.57 Å². The van der Waals surface area contributed by atoms with Crippen LogP contribution in [0.3, 0.4) is 0 Å². The van der Waals surface area contributed by atoms with E-state index in [9.17, 15) is 0 Å². The van der Waals surface area contributed by atoms with Crippen LogP contribution in [0.4, 0.5) is 0 Å². The smallest absolute Gasteiger partial charge is 0.0725 e. The van der Waals surface area contributed by atoms with Gasteiger partial charge in [0.25, 0.3) is 0 Å². The first-order valence-corrected chi connectivity index (χ1v) is 18.2. The average Bonchev–Trinajstić information content (AvgIpc) is 3.81. The summed E-state index contributed by atoms with van der Waals surface area (Å²) in [5.41, 5.74) is 16.5. The number of rotatable bonds is 2. The van der Waals surface area contributed by atoms with Gasteiger partial charge in [0.1, 0.15) is 0 Å². The fourth-order valence-corrected chi connectivity index (χ4v) is 9.85. The predicted octanol–water partition coefficient (Wildman–Crippen LogP) is 13.1. The Labute approximate surface area is 301 Å². The standard InChI is InChI=1S/C51H31N/c1-2-14-35-31-49-43(29-34(35)13-1)50-38-17-4-3-12-32(38)25-27-48(50)52(49)37-16-11-15-33(28-37)36-24-26-42-41-20-7-10-23-46(41)51(47(42)30-36)44-21-8-5-18-39(44)40-19-6-9-22-45(40)51/h1-31H. The van der Waals surface area contributed by atoms with Gasteiger partial charge in [-0.15, -0.1) is 0 Å². The van der Waals surface area contributed by atoms with Gasteiger partial charge in [0.15, 0.2) is 0 Å². The van der Waals surface area contributed by atoms with Gasteiger partial charge in [0, 0.05) is 16.5 Å². The van der Waals surface area contributed by atoms with Crippen molar-refractivity contribution in [3.8, 4) is 39.1 Å². The van der Waals surface area contributed by atoms with Gasteiger partial charge in [0.2, 0.25) is 0 Å². The van der Waals surface area contributed by atoms with Crippen LogP contribution in [0.5, 0.6) is 0 Å². The van der Waals surface area contributed by atoms with Crippen molar-refractivity contribution in [2.45, 2.75) is 5.41 Å². The van der Waals surface area contributed by atoms with Crippen molar-refractivity contribution in [1.82, 2.24) is 4.57 Å². The van der Waals surface area contributed by atoms with E-state index in [-0.39, 0.29) is 5.41 Å². The topological polar surface area (TPSA) is 4.93 Å².